The maximum absolute atomic E-state index is 5.29. The van der Waals surface area contributed by atoms with Crippen LogP contribution >= 0.6 is 0 Å². The van der Waals surface area contributed by atoms with Crippen LogP contribution in [-0.4, -0.2) is 11.7 Å². The van der Waals surface area contributed by atoms with E-state index in [1.807, 2.05) is 6.07 Å². The predicted molar refractivity (Wildman–Crippen MR) is 189 cm³/mol. The fourth-order valence-electron chi connectivity index (χ4n) is 7.18. The van der Waals surface area contributed by atoms with Crippen molar-refractivity contribution in [2.75, 3.05) is 9.80 Å². The molecule has 45 heavy (non-hydrogen) atoms. The highest BCUT2D eigenvalue weighted by Crippen LogP contribution is 2.47. The van der Waals surface area contributed by atoms with Gasteiger partial charge in [0, 0.05) is 39.6 Å². The van der Waals surface area contributed by atoms with Crippen LogP contribution in [0.4, 0.5) is 34.1 Å². The number of para-hydroxylation sites is 4. The van der Waals surface area contributed by atoms with Crippen LogP contribution in [0.2, 0.25) is 0 Å². The first-order valence-corrected chi connectivity index (χ1v) is 15.4. The van der Waals surface area contributed by atoms with Crippen molar-refractivity contribution >= 4 is 57.2 Å². The van der Waals surface area contributed by atoms with E-state index >= 15 is 0 Å². The molecule has 2 aliphatic rings. The summed E-state index contributed by atoms with van der Waals surface area (Å²) < 4.78 is 0. The van der Waals surface area contributed by atoms with E-state index < -0.39 is 0 Å². The fraction of sp³-hybridized carbons (Fsp3) is 0. The highest BCUT2D eigenvalue weighted by molar-refractivity contribution is 7.00. The van der Waals surface area contributed by atoms with Crippen molar-refractivity contribution in [3.8, 4) is 22.5 Å². The number of fused-ring (bicyclic) bond motifs is 4. The van der Waals surface area contributed by atoms with Crippen LogP contribution in [0.15, 0.2) is 170 Å². The Morgan fingerprint density at radius 2 is 0.933 bits per heavy atom. The van der Waals surface area contributed by atoms with Crippen molar-refractivity contribution < 1.29 is 0 Å². The van der Waals surface area contributed by atoms with Gasteiger partial charge in [-0.3, -0.25) is 0 Å². The molecule has 7 aromatic rings. The third-order valence-electron chi connectivity index (χ3n) is 9.05. The van der Waals surface area contributed by atoms with Crippen molar-refractivity contribution in [1.29, 1.82) is 0 Å². The zero-order valence-corrected chi connectivity index (χ0v) is 24.6. The zero-order chi connectivity index (χ0) is 29.7. The van der Waals surface area contributed by atoms with Gasteiger partial charge in [-0.15, -0.1) is 0 Å². The Morgan fingerprint density at radius 1 is 0.400 bits per heavy atom. The summed E-state index contributed by atoms with van der Waals surface area (Å²) in [7, 11) is 0. The summed E-state index contributed by atoms with van der Waals surface area (Å²) in [6.45, 7) is 0.0691. The van der Waals surface area contributed by atoms with Gasteiger partial charge in [-0.05, 0) is 77.1 Å². The van der Waals surface area contributed by atoms with E-state index in [0.717, 1.165) is 33.9 Å². The molecule has 9 rings (SSSR count). The summed E-state index contributed by atoms with van der Waals surface area (Å²) in [6, 6.07) is 60.7. The number of aromatic nitrogens is 1. The highest BCUT2D eigenvalue weighted by atomic mass is 15.2. The lowest BCUT2D eigenvalue weighted by molar-refractivity contribution is 1.24. The average molecular weight is 574 g/mol. The fourth-order valence-corrected chi connectivity index (χ4v) is 7.18. The molecule has 2 aliphatic heterocycles. The van der Waals surface area contributed by atoms with Crippen molar-refractivity contribution in [2.24, 2.45) is 0 Å². The smallest absolute Gasteiger partial charge is 0.252 e. The van der Waals surface area contributed by atoms with Gasteiger partial charge in [-0.2, -0.15) is 0 Å². The molecule has 0 saturated carbocycles. The third-order valence-corrected chi connectivity index (χ3v) is 9.05. The van der Waals surface area contributed by atoms with E-state index in [1.165, 1.54) is 39.1 Å². The molecule has 4 heteroatoms. The summed E-state index contributed by atoms with van der Waals surface area (Å²) in [6.07, 6.45) is 0. The highest BCUT2D eigenvalue weighted by Gasteiger charge is 2.44. The molecule has 0 radical (unpaired) electrons. The van der Waals surface area contributed by atoms with Crippen molar-refractivity contribution in [3.05, 3.63) is 170 Å². The van der Waals surface area contributed by atoms with Crippen LogP contribution in [0, 0.1) is 0 Å². The lowest BCUT2D eigenvalue weighted by Crippen LogP contribution is -2.61. The summed E-state index contributed by atoms with van der Waals surface area (Å²) in [4.78, 5) is 10.2. The molecule has 0 amide bonds. The van der Waals surface area contributed by atoms with Gasteiger partial charge in [-0.25, -0.2) is 4.98 Å². The van der Waals surface area contributed by atoms with E-state index in [4.69, 9.17) is 4.98 Å². The van der Waals surface area contributed by atoms with Gasteiger partial charge in [0.25, 0.3) is 6.71 Å². The monoisotopic (exact) mass is 573 g/mol. The van der Waals surface area contributed by atoms with Gasteiger partial charge < -0.3 is 9.80 Å². The lowest BCUT2D eigenvalue weighted by Gasteiger charge is -2.44. The summed E-state index contributed by atoms with van der Waals surface area (Å²) >= 11 is 0. The molecule has 1 aromatic heterocycles. The molecule has 0 saturated heterocycles. The minimum atomic E-state index is 0.0691. The van der Waals surface area contributed by atoms with Gasteiger partial charge in [0.15, 0.2) is 0 Å². The number of rotatable bonds is 4. The summed E-state index contributed by atoms with van der Waals surface area (Å²) in [5, 5.41) is 0. The van der Waals surface area contributed by atoms with Crippen LogP contribution in [0.1, 0.15) is 0 Å². The Labute approximate surface area is 263 Å². The molecule has 0 spiro atoms. The van der Waals surface area contributed by atoms with Crippen LogP contribution in [0.25, 0.3) is 22.5 Å². The van der Waals surface area contributed by atoms with Gasteiger partial charge in [0.05, 0.1) is 17.1 Å². The largest absolute Gasteiger partial charge is 0.311 e. The topological polar surface area (TPSA) is 19.4 Å². The molecular weight excluding hydrogens is 545 g/mol. The average Bonchev–Trinajstić information content (AvgIpc) is 3.12. The SMILES string of the molecule is c1ccc(-c2cccc(-c3ccc4c5c3N(c3ccccc3)c3ccccc3B5c3ccccc3N4c3ccccc3)n2)cc1. The lowest BCUT2D eigenvalue weighted by atomic mass is 9.33. The van der Waals surface area contributed by atoms with Gasteiger partial charge in [0.2, 0.25) is 0 Å². The van der Waals surface area contributed by atoms with Crippen molar-refractivity contribution in [3.63, 3.8) is 0 Å². The Hall–Kier alpha value is -5.87. The Balaban J connectivity index is 1.39. The maximum Gasteiger partial charge on any atom is 0.252 e. The maximum atomic E-state index is 5.29. The molecular formula is C41H28BN3. The Morgan fingerprint density at radius 3 is 1.60 bits per heavy atom. The minimum Gasteiger partial charge on any atom is -0.311 e. The van der Waals surface area contributed by atoms with Crippen LogP contribution in [-0.2, 0) is 0 Å². The van der Waals surface area contributed by atoms with E-state index in [9.17, 15) is 0 Å². The quantitative estimate of drug-likeness (QED) is 0.197. The second-order valence-electron chi connectivity index (χ2n) is 11.6. The number of anilines is 6. The molecule has 3 nitrogen and oxygen atoms in total. The number of pyridine rings is 1. The van der Waals surface area contributed by atoms with E-state index in [2.05, 4.69) is 174 Å². The number of nitrogens with zero attached hydrogens (tertiary/aromatic N) is 3. The normalized spacial score (nSPS) is 12.8. The minimum absolute atomic E-state index is 0.0691. The standard InChI is InChI=1S/C41H28BN3/c1-4-15-29(16-5-1)35-23-14-24-36(43-35)32-27-28-39-40-41(32)45(31-19-8-3-9-20-31)38-26-13-11-22-34(38)42(40)33-21-10-12-25-37(33)44(39)30-17-6-2-7-18-30/h1-28H. The zero-order valence-electron chi connectivity index (χ0n) is 24.6. The molecule has 0 N–H and O–H groups in total. The molecule has 0 unspecified atom stereocenters. The van der Waals surface area contributed by atoms with Crippen LogP contribution in [0.5, 0.6) is 0 Å². The van der Waals surface area contributed by atoms with Crippen molar-refractivity contribution in [2.45, 2.75) is 0 Å². The second-order valence-corrected chi connectivity index (χ2v) is 11.6. The second kappa shape index (κ2) is 10.4. The third kappa shape index (κ3) is 4.03. The van der Waals surface area contributed by atoms with Gasteiger partial charge in [0.1, 0.15) is 0 Å². The van der Waals surface area contributed by atoms with E-state index in [1.54, 1.807) is 0 Å². The molecule has 0 aliphatic carbocycles. The number of benzene rings is 6. The van der Waals surface area contributed by atoms with E-state index in [0.29, 0.717) is 0 Å². The summed E-state index contributed by atoms with van der Waals surface area (Å²) in [5.74, 6) is 0. The first kappa shape index (κ1) is 25.6. The number of hydrogen-bond acceptors (Lipinski definition) is 3. The van der Waals surface area contributed by atoms with Gasteiger partial charge >= 0.3 is 0 Å². The molecule has 210 valence electrons. The molecule has 0 atom stereocenters. The van der Waals surface area contributed by atoms with Gasteiger partial charge in [-0.1, -0.05) is 109 Å². The first-order valence-electron chi connectivity index (χ1n) is 15.4. The molecule has 0 fully saturated rings. The first-order chi connectivity index (χ1) is 22.4. The number of hydrogen-bond donors (Lipinski definition) is 0. The Kier molecular flexibility index (Phi) is 5.92. The Bertz CT molecular complexity index is 2170. The summed E-state index contributed by atoms with van der Waals surface area (Å²) in [5.41, 5.74) is 15.1. The van der Waals surface area contributed by atoms with Crippen LogP contribution in [0.3, 0.4) is 0 Å². The molecule has 3 heterocycles. The predicted octanol–water partition coefficient (Wildman–Crippen LogP) is 8.50. The van der Waals surface area contributed by atoms with E-state index in [-0.39, 0.29) is 6.71 Å². The molecule has 6 aromatic carbocycles. The van der Waals surface area contributed by atoms with Crippen LogP contribution < -0.4 is 26.2 Å². The van der Waals surface area contributed by atoms with Crippen molar-refractivity contribution in [1.82, 2.24) is 4.98 Å². The molecule has 0 bridgehead atoms.